The van der Waals surface area contributed by atoms with E-state index in [2.05, 4.69) is 20.1 Å². The lowest BCUT2D eigenvalue weighted by molar-refractivity contribution is -0.144. The van der Waals surface area contributed by atoms with Gasteiger partial charge in [-0.3, -0.25) is 14.4 Å². The van der Waals surface area contributed by atoms with Crippen LogP contribution in [0.2, 0.25) is 0 Å². The Balaban J connectivity index is 1.82. The van der Waals surface area contributed by atoms with Gasteiger partial charge in [0.15, 0.2) is 0 Å². The second-order valence-corrected chi connectivity index (χ2v) is 12.4. The average molecular weight is 512 g/mol. The minimum Gasteiger partial charge on any atom is -0.395 e. The molecular weight excluding hydrogens is 474 g/mol. The van der Waals surface area contributed by atoms with E-state index in [1.807, 2.05) is 32.0 Å². The molecule has 1 spiro atoms. The highest BCUT2D eigenvalue weighted by Crippen LogP contribution is 2.71. The number of carbonyl (C=O) groups excluding carboxylic acids is 3. The summed E-state index contributed by atoms with van der Waals surface area (Å²) in [4.78, 5) is 47.0. The molecule has 2 unspecified atom stereocenters. The number of β-amino-alcohol motifs (C(OH)–C–C–N with tert-alkyl or cyclic N) is 1. The SMILES string of the molecule is C=CCN(C)C(=O)[C@H]1[C@H]2C(=O)N(CCO)C(C(=O)N(CC=C)c3c(C)cccc3C)C23CC[C@]1(C)S3. The summed E-state index contributed by atoms with van der Waals surface area (Å²) in [5.74, 6) is -1.60. The number of hydrogen-bond donors (Lipinski definition) is 1. The Morgan fingerprint density at radius 3 is 2.39 bits per heavy atom. The van der Waals surface area contributed by atoms with Crippen LogP contribution < -0.4 is 4.90 Å². The molecule has 4 rings (SSSR count). The Labute approximate surface area is 218 Å². The van der Waals surface area contributed by atoms with Crippen molar-refractivity contribution in [3.8, 4) is 0 Å². The number of amides is 3. The fraction of sp³-hybridized carbons (Fsp3) is 0.536. The molecule has 3 saturated heterocycles. The summed E-state index contributed by atoms with van der Waals surface area (Å²) in [6.07, 6.45) is 4.80. The van der Waals surface area contributed by atoms with Crippen LogP contribution in [0.1, 0.15) is 30.9 Å². The molecule has 7 nitrogen and oxygen atoms in total. The monoisotopic (exact) mass is 511 g/mol. The van der Waals surface area contributed by atoms with Gasteiger partial charge in [0, 0.05) is 37.1 Å². The first kappa shape index (κ1) is 26.5. The average Bonchev–Trinajstić information content (AvgIpc) is 3.39. The molecule has 3 amide bonds. The summed E-state index contributed by atoms with van der Waals surface area (Å²) in [6.45, 7) is 14.1. The van der Waals surface area contributed by atoms with Crippen LogP contribution in [-0.4, -0.2) is 81.5 Å². The van der Waals surface area contributed by atoms with Crippen LogP contribution in [0.15, 0.2) is 43.5 Å². The third kappa shape index (κ3) is 3.80. The number of aryl methyl sites for hydroxylation is 2. The number of likely N-dealkylation sites (N-methyl/N-ethyl adjacent to an activating group) is 1. The van der Waals surface area contributed by atoms with Gasteiger partial charge in [0.2, 0.25) is 11.8 Å². The molecule has 0 radical (unpaired) electrons. The highest BCUT2D eigenvalue weighted by molar-refractivity contribution is 8.02. The van der Waals surface area contributed by atoms with Crippen molar-refractivity contribution in [2.24, 2.45) is 11.8 Å². The van der Waals surface area contributed by atoms with Crippen molar-refractivity contribution in [2.75, 3.05) is 38.2 Å². The lowest BCUT2D eigenvalue weighted by Crippen LogP contribution is -2.55. The molecule has 0 aliphatic carbocycles. The van der Waals surface area contributed by atoms with Gasteiger partial charge in [-0.2, -0.15) is 0 Å². The zero-order valence-corrected chi connectivity index (χ0v) is 22.5. The zero-order valence-electron chi connectivity index (χ0n) is 21.7. The van der Waals surface area contributed by atoms with Crippen LogP contribution in [0.25, 0.3) is 0 Å². The van der Waals surface area contributed by atoms with Gasteiger partial charge in [-0.15, -0.1) is 24.9 Å². The fourth-order valence-electron chi connectivity index (χ4n) is 6.75. The van der Waals surface area contributed by atoms with E-state index < -0.39 is 27.4 Å². The predicted octanol–water partition coefficient (Wildman–Crippen LogP) is 2.94. The Kier molecular flexibility index (Phi) is 7.14. The number of rotatable bonds is 9. The van der Waals surface area contributed by atoms with Crippen LogP contribution in [0.4, 0.5) is 5.69 Å². The van der Waals surface area contributed by atoms with Gasteiger partial charge in [-0.25, -0.2) is 0 Å². The Hall–Kier alpha value is -2.58. The van der Waals surface area contributed by atoms with E-state index in [0.717, 1.165) is 23.2 Å². The molecule has 3 fully saturated rings. The van der Waals surface area contributed by atoms with E-state index in [1.165, 1.54) is 0 Å². The van der Waals surface area contributed by atoms with E-state index >= 15 is 0 Å². The number of para-hydroxylation sites is 1. The van der Waals surface area contributed by atoms with Gasteiger partial charge >= 0.3 is 0 Å². The van der Waals surface area contributed by atoms with Gasteiger partial charge in [0.25, 0.3) is 5.91 Å². The number of likely N-dealkylation sites (tertiary alicyclic amines) is 1. The largest absolute Gasteiger partial charge is 0.395 e. The number of aliphatic hydroxyl groups is 1. The molecule has 3 heterocycles. The van der Waals surface area contributed by atoms with Crippen LogP contribution in [-0.2, 0) is 14.4 Å². The van der Waals surface area contributed by atoms with Crippen LogP contribution in [0, 0.1) is 25.7 Å². The van der Waals surface area contributed by atoms with E-state index in [4.69, 9.17) is 0 Å². The van der Waals surface area contributed by atoms with Crippen molar-refractivity contribution >= 4 is 35.2 Å². The van der Waals surface area contributed by atoms with Crippen molar-refractivity contribution < 1.29 is 19.5 Å². The molecule has 8 heteroatoms. The second kappa shape index (κ2) is 9.71. The number of benzene rings is 1. The van der Waals surface area contributed by atoms with Gasteiger partial charge in [-0.1, -0.05) is 30.4 Å². The van der Waals surface area contributed by atoms with E-state index in [-0.39, 0.29) is 30.9 Å². The fourth-order valence-corrected chi connectivity index (χ4v) is 9.09. The number of carbonyl (C=O) groups is 3. The third-order valence-electron chi connectivity index (χ3n) is 8.18. The smallest absolute Gasteiger partial charge is 0.251 e. The van der Waals surface area contributed by atoms with Crippen molar-refractivity contribution in [3.05, 3.63) is 54.6 Å². The van der Waals surface area contributed by atoms with Crippen molar-refractivity contribution in [1.29, 1.82) is 0 Å². The molecule has 1 N–H and O–H groups in total. The van der Waals surface area contributed by atoms with Crippen LogP contribution in [0.3, 0.4) is 0 Å². The number of nitrogens with zero attached hydrogens (tertiary/aromatic N) is 3. The highest BCUT2D eigenvalue weighted by atomic mass is 32.2. The number of anilines is 1. The summed E-state index contributed by atoms with van der Waals surface area (Å²) >= 11 is 1.64. The van der Waals surface area contributed by atoms with E-state index in [1.54, 1.807) is 45.7 Å². The number of fused-ring (bicyclic) bond motifs is 1. The van der Waals surface area contributed by atoms with E-state index in [0.29, 0.717) is 19.5 Å². The third-order valence-corrected chi connectivity index (χ3v) is 10.2. The molecule has 0 saturated carbocycles. The van der Waals surface area contributed by atoms with E-state index in [9.17, 15) is 19.5 Å². The molecule has 1 aromatic carbocycles. The maximum Gasteiger partial charge on any atom is 0.251 e. The Bertz CT molecular complexity index is 1090. The zero-order chi connectivity index (χ0) is 26.4. The minimum atomic E-state index is -0.768. The first-order valence-corrected chi connectivity index (χ1v) is 13.4. The standard InChI is InChI=1S/C28H37N3O4S/c1-7-14-29(6)24(33)20-21-25(34)31(16-17-32)23(28(21)13-12-27(20,5)36-28)26(35)30(15-8-2)22-18(3)10-9-11-19(22)4/h7-11,20-21,23,32H,1-2,12-17H2,3-6H3/t20-,21+,23?,27+,28?/m1/s1. The summed E-state index contributed by atoms with van der Waals surface area (Å²) in [5, 5.41) is 9.88. The van der Waals surface area contributed by atoms with Crippen LogP contribution in [0.5, 0.6) is 0 Å². The number of thioether (sulfide) groups is 1. The van der Waals surface area contributed by atoms with Crippen LogP contribution >= 0.6 is 11.8 Å². The molecule has 36 heavy (non-hydrogen) atoms. The number of aliphatic hydroxyl groups excluding tert-OH is 1. The summed E-state index contributed by atoms with van der Waals surface area (Å²) in [7, 11) is 1.73. The normalized spacial score (nSPS) is 30.3. The summed E-state index contributed by atoms with van der Waals surface area (Å²) in [6, 6.07) is 5.13. The molecule has 0 aromatic heterocycles. The maximum atomic E-state index is 14.5. The Morgan fingerprint density at radius 2 is 1.81 bits per heavy atom. The van der Waals surface area contributed by atoms with Crippen molar-refractivity contribution in [1.82, 2.24) is 9.80 Å². The lowest BCUT2D eigenvalue weighted by Gasteiger charge is -2.38. The number of hydrogen-bond acceptors (Lipinski definition) is 5. The first-order valence-electron chi connectivity index (χ1n) is 12.5. The first-order chi connectivity index (χ1) is 17.1. The highest BCUT2D eigenvalue weighted by Gasteiger charge is 2.77. The van der Waals surface area contributed by atoms with Gasteiger partial charge in [-0.05, 0) is 44.7 Å². The summed E-state index contributed by atoms with van der Waals surface area (Å²) in [5.41, 5.74) is 2.75. The van der Waals surface area contributed by atoms with Crippen molar-refractivity contribution in [2.45, 2.75) is 49.1 Å². The lowest BCUT2D eigenvalue weighted by atomic mass is 9.66. The molecule has 5 atom stereocenters. The molecular formula is C28H37N3O4S. The maximum absolute atomic E-state index is 14.5. The van der Waals surface area contributed by atoms with Gasteiger partial charge in [0.05, 0.1) is 23.2 Å². The second-order valence-electron chi connectivity index (χ2n) is 10.5. The topological polar surface area (TPSA) is 81.2 Å². The quantitative estimate of drug-likeness (QED) is 0.516. The van der Waals surface area contributed by atoms with Gasteiger partial charge in [0.1, 0.15) is 6.04 Å². The molecule has 1 aromatic rings. The minimum absolute atomic E-state index is 0.0584. The molecule has 3 aliphatic rings. The van der Waals surface area contributed by atoms with Gasteiger partial charge < -0.3 is 19.8 Å². The molecule has 2 bridgehead atoms. The molecule has 3 aliphatic heterocycles. The van der Waals surface area contributed by atoms with Crippen molar-refractivity contribution in [3.63, 3.8) is 0 Å². The predicted molar refractivity (Wildman–Crippen MR) is 144 cm³/mol. The summed E-state index contributed by atoms with van der Waals surface area (Å²) < 4.78 is -1.15. The molecule has 194 valence electrons. The Morgan fingerprint density at radius 1 is 1.17 bits per heavy atom.